The monoisotopic (exact) mass is 302 g/mol. The van der Waals surface area contributed by atoms with Crippen LogP contribution in [0, 0.1) is 0 Å². The molecule has 0 aliphatic rings. The fourth-order valence-corrected chi connectivity index (χ4v) is 1.80. The van der Waals surface area contributed by atoms with Gasteiger partial charge in [0.25, 0.3) is 0 Å². The molecule has 0 aliphatic carbocycles. The predicted octanol–water partition coefficient (Wildman–Crippen LogP) is 1.97. The maximum atomic E-state index is 8.64. The van der Waals surface area contributed by atoms with Crippen molar-refractivity contribution in [1.29, 1.82) is 0 Å². The smallest absolute Gasteiger partial charge is 0.166 e. The summed E-state index contributed by atoms with van der Waals surface area (Å²) in [5.41, 5.74) is 1.16. The summed E-state index contributed by atoms with van der Waals surface area (Å²) in [5.74, 6) is 0. The van der Waals surface area contributed by atoms with Crippen LogP contribution in [0.3, 0.4) is 0 Å². The molecule has 3 nitrogen and oxygen atoms in total. The normalized spacial score (nSPS) is 11.9. The molecular weight excluding hydrogens is 288 g/mol. The van der Waals surface area contributed by atoms with Crippen LogP contribution in [-0.2, 0) is 0 Å². The molecule has 1 aromatic carbocycles. The molecule has 0 radical (unpaired) electrons. The first kappa shape index (κ1) is 13.4. The first-order valence-electron chi connectivity index (χ1n) is 5.04. The molecule has 88 valence electrons. The van der Waals surface area contributed by atoms with Crippen molar-refractivity contribution in [3.05, 3.63) is 34.3 Å². The van der Waals surface area contributed by atoms with Crippen molar-refractivity contribution < 1.29 is 5.11 Å². The zero-order valence-electron chi connectivity index (χ0n) is 9.03. The molecule has 1 aromatic rings. The number of aliphatic hydroxyl groups is 1. The van der Waals surface area contributed by atoms with Gasteiger partial charge >= 0.3 is 0 Å². The lowest BCUT2D eigenvalue weighted by molar-refractivity contribution is 0.300. The van der Waals surface area contributed by atoms with E-state index in [4.69, 9.17) is 17.3 Å². The average molecular weight is 303 g/mol. The van der Waals surface area contributed by atoms with Crippen LogP contribution in [-0.4, -0.2) is 23.4 Å². The number of rotatable bonds is 4. The van der Waals surface area contributed by atoms with Gasteiger partial charge in [-0.15, -0.1) is 0 Å². The Labute approximate surface area is 109 Å². The Bertz CT molecular complexity index is 342. The molecule has 0 aliphatic heterocycles. The van der Waals surface area contributed by atoms with Gasteiger partial charge < -0.3 is 15.7 Å². The highest BCUT2D eigenvalue weighted by Crippen LogP contribution is 2.16. The molecule has 0 fully saturated rings. The van der Waals surface area contributed by atoms with Crippen molar-refractivity contribution in [2.24, 2.45) is 0 Å². The Morgan fingerprint density at radius 3 is 2.62 bits per heavy atom. The summed E-state index contributed by atoms with van der Waals surface area (Å²) in [4.78, 5) is 0. The fourth-order valence-electron chi connectivity index (χ4n) is 1.25. The molecule has 0 saturated heterocycles. The van der Waals surface area contributed by atoms with Crippen LogP contribution in [0.4, 0.5) is 0 Å². The number of hydrogen-bond acceptors (Lipinski definition) is 2. The summed E-state index contributed by atoms with van der Waals surface area (Å²) in [7, 11) is 0. The highest BCUT2D eigenvalue weighted by molar-refractivity contribution is 9.10. The topological polar surface area (TPSA) is 44.3 Å². The Morgan fingerprint density at radius 1 is 1.44 bits per heavy atom. The SMILES string of the molecule is C[C@H](NC(=S)NCCO)c1ccc(Br)cc1. The predicted molar refractivity (Wildman–Crippen MR) is 73.4 cm³/mol. The number of aliphatic hydroxyl groups excluding tert-OH is 1. The molecule has 0 saturated carbocycles. The number of nitrogens with one attached hydrogen (secondary N) is 2. The summed E-state index contributed by atoms with van der Waals surface area (Å²) in [6.45, 7) is 2.59. The van der Waals surface area contributed by atoms with Gasteiger partial charge in [-0.25, -0.2) is 0 Å². The average Bonchev–Trinajstić information content (AvgIpc) is 2.27. The van der Waals surface area contributed by atoms with Gasteiger partial charge in [0.2, 0.25) is 0 Å². The lowest BCUT2D eigenvalue weighted by Crippen LogP contribution is -2.38. The Morgan fingerprint density at radius 2 is 2.06 bits per heavy atom. The number of hydrogen-bond donors (Lipinski definition) is 3. The minimum Gasteiger partial charge on any atom is -0.395 e. The van der Waals surface area contributed by atoms with Crippen LogP contribution in [0.15, 0.2) is 28.7 Å². The van der Waals surface area contributed by atoms with E-state index in [-0.39, 0.29) is 12.6 Å². The van der Waals surface area contributed by atoms with E-state index in [9.17, 15) is 0 Å². The highest BCUT2D eigenvalue weighted by Gasteiger charge is 2.05. The molecule has 0 heterocycles. The van der Waals surface area contributed by atoms with Crippen LogP contribution in [0.5, 0.6) is 0 Å². The van der Waals surface area contributed by atoms with E-state index in [1.165, 1.54) is 0 Å². The molecule has 5 heteroatoms. The second kappa shape index (κ2) is 6.83. The van der Waals surface area contributed by atoms with Crippen LogP contribution in [0.1, 0.15) is 18.5 Å². The Balaban J connectivity index is 2.48. The summed E-state index contributed by atoms with van der Waals surface area (Å²) in [5, 5.41) is 15.3. The largest absolute Gasteiger partial charge is 0.395 e. The molecule has 0 aromatic heterocycles. The van der Waals surface area contributed by atoms with E-state index in [1.807, 2.05) is 31.2 Å². The summed E-state index contributed by atoms with van der Waals surface area (Å²) >= 11 is 8.47. The zero-order valence-corrected chi connectivity index (χ0v) is 11.4. The summed E-state index contributed by atoms with van der Waals surface area (Å²) in [6, 6.07) is 8.22. The third-order valence-electron chi connectivity index (χ3n) is 2.11. The summed E-state index contributed by atoms with van der Waals surface area (Å²) in [6.07, 6.45) is 0. The van der Waals surface area contributed by atoms with Crippen LogP contribution in [0.25, 0.3) is 0 Å². The van der Waals surface area contributed by atoms with E-state index in [2.05, 4.69) is 26.6 Å². The molecule has 0 bridgehead atoms. The van der Waals surface area contributed by atoms with Gasteiger partial charge in [-0.2, -0.15) is 0 Å². The number of halogens is 1. The van der Waals surface area contributed by atoms with Crippen molar-refractivity contribution >= 4 is 33.3 Å². The quantitative estimate of drug-likeness (QED) is 0.744. The van der Waals surface area contributed by atoms with Crippen LogP contribution in [0.2, 0.25) is 0 Å². The van der Waals surface area contributed by atoms with Crippen LogP contribution >= 0.6 is 28.1 Å². The van der Waals surface area contributed by atoms with Crippen molar-refractivity contribution in [3.63, 3.8) is 0 Å². The van der Waals surface area contributed by atoms with Crippen molar-refractivity contribution in [2.45, 2.75) is 13.0 Å². The van der Waals surface area contributed by atoms with Gasteiger partial charge in [0.05, 0.1) is 12.6 Å². The Hall–Kier alpha value is -0.650. The summed E-state index contributed by atoms with van der Waals surface area (Å²) < 4.78 is 1.06. The van der Waals surface area contributed by atoms with Crippen molar-refractivity contribution in [1.82, 2.24) is 10.6 Å². The molecule has 1 rings (SSSR count). The van der Waals surface area contributed by atoms with Crippen LogP contribution < -0.4 is 10.6 Å². The maximum Gasteiger partial charge on any atom is 0.166 e. The van der Waals surface area contributed by atoms with Gasteiger partial charge in [0.1, 0.15) is 0 Å². The standard InChI is InChI=1S/C11H15BrN2OS/c1-8(14-11(16)13-6-7-15)9-2-4-10(12)5-3-9/h2-5,8,15H,6-7H2,1H3,(H2,13,14,16)/t8-/m0/s1. The first-order chi connectivity index (χ1) is 7.63. The van der Waals surface area contributed by atoms with Crippen molar-refractivity contribution in [3.8, 4) is 0 Å². The molecule has 1 atom stereocenters. The lowest BCUT2D eigenvalue weighted by Gasteiger charge is -2.17. The van der Waals surface area contributed by atoms with E-state index in [0.717, 1.165) is 10.0 Å². The molecular formula is C11H15BrN2OS. The minimum atomic E-state index is 0.0779. The zero-order chi connectivity index (χ0) is 12.0. The molecule has 0 spiro atoms. The van der Waals surface area contributed by atoms with Gasteiger partial charge in [-0.3, -0.25) is 0 Å². The molecule has 16 heavy (non-hydrogen) atoms. The van der Waals surface area contributed by atoms with Gasteiger partial charge in [0.15, 0.2) is 5.11 Å². The second-order valence-corrected chi connectivity index (χ2v) is 4.72. The van der Waals surface area contributed by atoms with E-state index < -0.39 is 0 Å². The minimum absolute atomic E-state index is 0.0779. The van der Waals surface area contributed by atoms with E-state index in [1.54, 1.807) is 0 Å². The maximum absolute atomic E-state index is 8.64. The number of thiocarbonyl (C=S) groups is 1. The first-order valence-corrected chi connectivity index (χ1v) is 6.24. The van der Waals surface area contributed by atoms with Crippen molar-refractivity contribution in [2.75, 3.05) is 13.2 Å². The lowest BCUT2D eigenvalue weighted by atomic mass is 10.1. The molecule has 3 N–H and O–H groups in total. The van der Waals surface area contributed by atoms with E-state index >= 15 is 0 Å². The highest BCUT2D eigenvalue weighted by atomic mass is 79.9. The van der Waals surface area contributed by atoms with Gasteiger partial charge in [-0.1, -0.05) is 28.1 Å². The fraction of sp³-hybridized carbons (Fsp3) is 0.364. The number of benzene rings is 1. The molecule has 0 amide bonds. The van der Waals surface area contributed by atoms with E-state index in [0.29, 0.717) is 11.7 Å². The van der Waals surface area contributed by atoms with Gasteiger partial charge in [-0.05, 0) is 36.8 Å². The second-order valence-electron chi connectivity index (χ2n) is 3.40. The third-order valence-corrected chi connectivity index (χ3v) is 2.91. The van der Waals surface area contributed by atoms with Gasteiger partial charge in [0, 0.05) is 11.0 Å². The third kappa shape index (κ3) is 4.47. The molecule has 0 unspecified atom stereocenters. The Kier molecular flexibility index (Phi) is 5.73.